The Bertz CT molecular complexity index is 762. The average Bonchev–Trinajstić information content (AvgIpc) is 2.90. The lowest BCUT2D eigenvalue weighted by molar-refractivity contribution is 0.1000. The fraction of sp³-hybridized carbons (Fsp3) is 0.0714. The second-order valence-corrected chi connectivity index (χ2v) is 4.25. The van der Waals surface area contributed by atoms with Crippen molar-refractivity contribution in [2.24, 2.45) is 5.73 Å². The SMILES string of the molecule is COc1cc(C(N)=O)ccc1-c1cn2cnccc2n1. The van der Waals surface area contributed by atoms with E-state index in [2.05, 4.69) is 9.97 Å². The van der Waals surface area contributed by atoms with Gasteiger partial charge in [0.15, 0.2) is 0 Å². The van der Waals surface area contributed by atoms with Crippen LogP contribution in [0, 0.1) is 0 Å². The van der Waals surface area contributed by atoms with E-state index in [4.69, 9.17) is 10.5 Å². The fourth-order valence-electron chi connectivity index (χ4n) is 2.03. The van der Waals surface area contributed by atoms with Gasteiger partial charge in [0, 0.05) is 23.5 Å². The average molecular weight is 268 g/mol. The van der Waals surface area contributed by atoms with Gasteiger partial charge in [-0.3, -0.25) is 9.20 Å². The van der Waals surface area contributed by atoms with E-state index in [0.29, 0.717) is 11.3 Å². The number of imidazole rings is 1. The third kappa shape index (κ3) is 1.97. The molecule has 0 saturated heterocycles. The summed E-state index contributed by atoms with van der Waals surface area (Å²) in [6.45, 7) is 0. The first kappa shape index (κ1) is 12.2. The quantitative estimate of drug-likeness (QED) is 0.780. The number of hydrogen-bond acceptors (Lipinski definition) is 4. The highest BCUT2D eigenvalue weighted by Crippen LogP contribution is 2.30. The van der Waals surface area contributed by atoms with Gasteiger partial charge in [0.25, 0.3) is 0 Å². The van der Waals surface area contributed by atoms with E-state index in [-0.39, 0.29) is 0 Å². The third-order valence-corrected chi connectivity index (χ3v) is 3.02. The molecule has 1 aromatic carbocycles. The summed E-state index contributed by atoms with van der Waals surface area (Å²) < 4.78 is 7.13. The molecule has 2 N–H and O–H groups in total. The normalized spacial score (nSPS) is 10.7. The first-order valence-corrected chi connectivity index (χ1v) is 5.96. The molecule has 2 aromatic heterocycles. The number of nitrogens with zero attached hydrogens (tertiary/aromatic N) is 3. The van der Waals surface area contributed by atoms with Gasteiger partial charge in [0.1, 0.15) is 17.7 Å². The maximum absolute atomic E-state index is 11.2. The highest BCUT2D eigenvalue weighted by molar-refractivity contribution is 5.94. The molecular weight excluding hydrogens is 256 g/mol. The van der Waals surface area contributed by atoms with Crippen LogP contribution in [-0.4, -0.2) is 27.4 Å². The fourth-order valence-corrected chi connectivity index (χ4v) is 2.03. The van der Waals surface area contributed by atoms with Crippen molar-refractivity contribution in [1.82, 2.24) is 14.4 Å². The molecule has 6 heteroatoms. The Labute approximate surface area is 114 Å². The van der Waals surface area contributed by atoms with E-state index in [1.54, 1.807) is 37.8 Å². The van der Waals surface area contributed by atoms with E-state index >= 15 is 0 Å². The maximum Gasteiger partial charge on any atom is 0.248 e. The van der Waals surface area contributed by atoms with Crippen molar-refractivity contribution in [3.63, 3.8) is 0 Å². The molecule has 3 rings (SSSR count). The third-order valence-electron chi connectivity index (χ3n) is 3.02. The Balaban J connectivity index is 2.15. The van der Waals surface area contributed by atoms with Gasteiger partial charge >= 0.3 is 0 Å². The minimum atomic E-state index is -0.492. The second kappa shape index (κ2) is 4.65. The molecule has 0 atom stereocenters. The highest BCUT2D eigenvalue weighted by Gasteiger charge is 2.12. The summed E-state index contributed by atoms with van der Waals surface area (Å²) in [5.41, 5.74) is 7.99. The molecule has 20 heavy (non-hydrogen) atoms. The molecule has 0 spiro atoms. The van der Waals surface area contributed by atoms with Gasteiger partial charge in [-0.25, -0.2) is 9.97 Å². The Hall–Kier alpha value is -2.89. The Morgan fingerprint density at radius 1 is 1.35 bits per heavy atom. The molecule has 0 aliphatic rings. The number of rotatable bonds is 3. The molecular formula is C14H12N4O2. The Kier molecular flexibility index (Phi) is 2.83. The van der Waals surface area contributed by atoms with E-state index in [1.807, 2.05) is 16.7 Å². The molecule has 3 aromatic rings. The highest BCUT2D eigenvalue weighted by atomic mass is 16.5. The molecule has 100 valence electrons. The van der Waals surface area contributed by atoms with E-state index < -0.39 is 5.91 Å². The number of fused-ring (bicyclic) bond motifs is 1. The van der Waals surface area contributed by atoms with Crippen LogP contribution in [0.25, 0.3) is 16.9 Å². The summed E-state index contributed by atoms with van der Waals surface area (Å²) >= 11 is 0. The van der Waals surface area contributed by atoms with E-state index in [9.17, 15) is 4.79 Å². The van der Waals surface area contributed by atoms with Crippen LogP contribution in [-0.2, 0) is 0 Å². The summed E-state index contributed by atoms with van der Waals surface area (Å²) in [5.74, 6) is 0.0618. The van der Waals surface area contributed by atoms with E-state index in [1.165, 1.54) is 0 Å². The van der Waals surface area contributed by atoms with Gasteiger partial charge in [-0.15, -0.1) is 0 Å². The minimum Gasteiger partial charge on any atom is -0.496 e. The van der Waals surface area contributed by atoms with Gasteiger partial charge in [0.05, 0.1) is 12.8 Å². The largest absolute Gasteiger partial charge is 0.496 e. The Morgan fingerprint density at radius 2 is 2.20 bits per heavy atom. The lowest BCUT2D eigenvalue weighted by atomic mass is 10.1. The number of nitrogens with two attached hydrogens (primary N) is 1. The van der Waals surface area contributed by atoms with Crippen LogP contribution in [0.2, 0.25) is 0 Å². The lowest BCUT2D eigenvalue weighted by Crippen LogP contribution is -2.10. The zero-order chi connectivity index (χ0) is 14.1. The Morgan fingerprint density at radius 3 is 2.90 bits per heavy atom. The second-order valence-electron chi connectivity index (χ2n) is 4.25. The van der Waals surface area contributed by atoms with Crippen molar-refractivity contribution in [3.05, 3.63) is 48.5 Å². The zero-order valence-electron chi connectivity index (χ0n) is 10.8. The number of methoxy groups -OCH3 is 1. The number of carbonyl (C=O) groups is 1. The molecule has 0 aliphatic carbocycles. The van der Waals surface area contributed by atoms with Crippen LogP contribution in [0.1, 0.15) is 10.4 Å². The molecule has 1 amide bonds. The molecule has 2 heterocycles. The number of ether oxygens (including phenoxy) is 1. The van der Waals surface area contributed by atoms with Gasteiger partial charge < -0.3 is 10.5 Å². The van der Waals surface area contributed by atoms with Crippen molar-refractivity contribution in [1.29, 1.82) is 0 Å². The molecule has 0 bridgehead atoms. The van der Waals surface area contributed by atoms with Crippen LogP contribution in [0.3, 0.4) is 0 Å². The molecule has 0 saturated carbocycles. The van der Waals surface area contributed by atoms with Crippen LogP contribution >= 0.6 is 0 Å². The maximum atomic E-state index is 11.2. The van der Waals surface area contributed by atoms with Gasteiger partial charge in [0.2, 0.25) is 5.91 Å². The number of hydrogen-bond donors (Lipinski definition) is 1. The first-order chi connectivity index (χ1) is 9.69. The van der Waals surface area contributed by atoms with Crippen LogP contribution < -0.4 is 10.5 Å². The number of benzene rings is 1. The molecule has 0 fully saturated rings. The van der Waals surface area contributed by atoms with Gasteiger partial charge in [-0.1, -0.05) is 0 Å². The van der Waals surface area contributed by atoms with E-state index in [0.717, 1.165) is 16.9 Å². The van der Waals surface area contributed by atoms with Crippen LogP contribution in [0.4, 0.5) is 0 Å². The number of carbonyl (C=O) groups excluding carboxylic acids is 1. The van der Waals surface area contributed by atoms with Crippen LogP contribution in [0.15, 0.2) is 43.0 Å². The molecule has 0 radical (unpaired) electrons. The van der Waals surface area contributed by atoms with Crippen LogP contribution in [0.5, 0.6) is 5.75 Å². The molecule has 0 aliphatic heterocycles. The van der Waals surface area contributed by atoms with Crippen molar-refractivity contribution in [3.8, 4) is 17.0 Å². The summed E-state index contributed by atoms with van der Waals surface area (Å²) in [5, 5.41) is 0. The summed E-state index contributed by atoms with van der Waals surface area (Å²) in [6.07, 6.45) is 5.21. The van der Waals surface area contributed by atoms with Gasteiger partial charge in [-0.2, -0.15) is 0 Å². The number of primary amides is 1. The standard InChI is InChI=1S/C14H12N4O2/c1-20-12-6-9(14(15)19)2-3-10(12)11-7-18-8-16-5-4-13(18)17-11/h2-8H,1H3,(H2,15,19). The first-order valence-electron chi connectivity index (χ1n) is 5.96. The lowest BCUT2D eigenvalue weighted by Gasteiger charge is -2.07. The van der Waals surface area contributed by atoms with Crippen molar-refractivity contribution < 1.29 is 9.53 Å². The summed E-state index contributed by atoms with van der Waals surface area (Å²) in [4.78, 5) is 19.7. The van der Waals surface area contributed by atoms with Crippen molar-refractivity contribution >= 4 is 11.6 Å². The number of amides is 1. The minimum absolute atomic E-state index is 0.399. The summed E-state index contributed by atoms with van der Waals surface area (Å²) in [6, 6.07) is 6.85. The monoisotopic (exact) mass is 268 g/mol. The smallest absolute Gasteiger partial charge is 0.248 e. The predicted molar refractivity (Wildman–Crippen MR) is 73.5 cm³/mol. The van der Waals surface area contributed by atoms with Gasteiger partial charge in [-0.05, 0) is 24.3 Å². The zero-order valence-corrected chi connectivity index (χ0v) is 10.8. The van der Waals surface area contributed by atoms with Crippen molar-refractivity contribution in [2.45, 2.75) is 0 Å². The molecule has 0 unspecified atom stereocenters. The number of aromatic nitrogens is 3. The molecule has 6 nitrogen and oxygen atoms in total. The summed E-state index contributed by atoms with van der Waals surface area (Å²) in [7, 11) is 1.54. The topological polar surface area (TPSA) is 82.5 Å². The predicted octanol–water partition coefficient (Wildman–Crippen LogP) is 1.50. The van der Waals surface area contributed by atoms with Crippen molar-refractivity contribution in [2.75, 3.05) is 7.11 Å².